The van der Waals surface area contributed by atoms with E-state index in [0.29, 0.717) is 34.9 Å². The first-order chi connectivity index (χ1) is 16.8. The van der Waals surface area contributed by atoms with Crippen molar-refractivity contribution in [3.05, 3.63) is 94.6 Å². The van der Waals surface area contributed by atoms with Crippen LogP contribution in [0.4, 0.5) is 11.4 Å². The topological polar surface area (TPSA) is 114 Å². The summed E-state index contributed by atoms with van der Waals surface area (Å²) in [4.78, 5) is 23.1. The number of carbonyl (C=O) groups is 1. The van der Waals surface area contributed by atoms with Crippen LogP contribution >= 0.6 is 45.2 Å². The second-order valence-electron chi connectivity index (χ2n) is 7.11. The van der Waals surface area contributed by atoms with E-state index in [-0.39, 0.29) is 17.9 Å². The number of hydrogen-bond acceptors (Lipinski definition) is 6. The van der Waals surface area contributed by atoms with Gasteiger partial charge in [0.1, 0.15) is 29.7 Å². The van der Waals surface area contributed by atoms with Crippen LogP contribution in [-0.4, -0.2) is 17.4 Å². The van der Waals surface area contributed by atoms with Gasteiger partial charge in [-0.05, 0) is 106 Å². The quantitative estimate of drug-likeness (QED) is 0.0921. The molecule has 0 spiro atoms. The van der Waals surface area contributed by atoms with Gasteiger partial charge < -0.3 is 14.8 Å². The number of nitro groups is 1. The average molecular weight is 695 g/mol. The molecule has 0 atom stereocenters. The Morgan fingerprint density at radius 1 is 1.11 bits per heavy atom. The number of non-ortho nitro benzene ring substituents is 1. The van der Waals surface area contributed by atoms with Gasteiger partial charge >= 0.3 is 0 Å². The van der Waals surface area contributed by atoms with Gasteiger partial charge in [-0.2, -0.15) is 5.26 Å². The SMILES string of the molecule is CCOc1ccc(NC(=O)/C(C#N)=C\c2cc(I)c(OCc3cccc([N+](=O)[O-])c3)c(I)c2)cc1. The Balaban J connectivity index is 1.73. The zero-order chi connectivity index (χ0) is 25.4. The summed E-state index contributed by atoms with van der Waals surface area (Å²) in [5, 5.41) is 23.2. The molecule has 1 amide bonds. The van der Waals surface area contributed by atoms with Crippen LogP contribution in [0.25, 0.3) is 6.08 Å². The molecule has 0 bridgehead atoms. The van der Waals surface area contributed by atoms with Crippen LogP contribution < -0.4 is 14.8 Å². The first-order valence-corrected chi connectivity index (χ1v) is 12.5. The van der Waals surface area contributed by atoms with Crippen LogP contribution in [0.1, 0.15) is 18.1 Å². The molecule has 0 saturated carbocycles. The van der Waals surface area contributed by atoms with Crippen LogP contribution in [-0.2, 0) is 11.4 Å². The molecular weight excluding hydrogens is 676 g/mol. The van der Waals surface area contributed by atoms with Gasteiger partial charge in [0.2, 0.25) is 0 Å². The van der Waals surface area contributed by atoms with Crippen molar-refractivity contribution in [2.24, 2.45) is 0 Å². The Labute approximate surface area is 229 Å². The van der Waals surface area contributed by atoms with Crippen molar-refractivity contribution in [3.63, 3.8) is 0 Å². The number of nitro benzene ring substituents is 1. The predicted octanol–water partition coefficient (Wildman–Crippen LogP) is 6.33. The largest absolute Gasteiger partial charge is 0.494 e. The van der Waals surface area contributed by atoms with Crippen LogP contribution in [0.5, 0.6) is 11.5 Å². The Kier molecular flexibility index (Phi) is 9.44. The van der Waals surface area contributed by atoms with Crippen molar-refractivity contribution < 1.29 is 19.2 Å². The second kappa shape index (κ2) is 12.5. The van der Waals surface area contributed by atoms with Crippen LogP contribution in [0, 0.1) is 28.6 Å². The maximum absolute atomic E-state index is 12.6. The molecule has 0 saturated heterocycles. The van der Waals surface area contributed by atoms with Crippen LogP contribution in [0.3, 0.4) is 0 Å². The summed E-state index contributed by atoms with van der Waals surface area (Å²) in [6.45, 7) is 2.60. The summed E-state index contributed by atoms with van der Waals surface area (Å²) in [5.41, 5.74) is 1.85. The molecule has 0 aliphatic rings. The number of rotatable bonds is 9. The summed E-state index contributed by atoms with van der Waals surface area (Å²) in [5.74, 6) is 0.790. The lowest BCUT2D eigenvalue weighted by atomic mass is 10.1. The number of carbonyl (C=O) groups excluding carboxylic acids is 1. The van der Waals surface area contributed by atoms with Gasteiger partial charge in [-0.15, -0.1) is 0 Å². The van der Waals surface area contributed by atoms with E-state index >= 15 is 0 Å². The Morgan fingerprint density at radius 2 is 1.80 bits per heavy atom. The molecule has 8 nitrogen and oxygen atoms in total. The summed E-state index contributed by atoms with van der Waals surface area (Å²) < 4.78 is 12.8. The summed E-state index contributed by atoms with van der Waals surface area (Å²) in [6, 6.07) is 18.7. The third-order valence-corrected chi connectivity index (χ3v) is 6.23. The van der Waals surface area contributed by atoms with Crippen molar-refractivity contribution in [2.45, 2.75) is 13.5 Å². The Bertz CT molecular complexity index is 1290. The van der Waals surface area contributed by atoms with E-state index in [4.69, 9.17) is 9.47 Å². The fourth-order valence-corrected chi connectivity index (χ4v) is 5.16. The summed E-state index contributed by atoms with van der Waals surface area (Å²) in [6.07, 6.45) is 1.51. The average Bonchev–Trinajstić information content (AvgIpc) is 2.83. The van der Waals surface area contributed by atoms with E-state index in [1.54, 1.807) is 48.5 Å². The molecule has 0 heterocycles. The van der Waals surface area contributed by atoms with Crippen molar-refractivity contribution >= 4 is 68.5 Å². The highest BCUT2D eigenvalue weighted by Gasteiger charge is 2.14. The third-order valence-electron chi connectivity index (χ3n) is 4.62. The lowest BCUT2D eigenvalue weighted by Crippen LogP contribution is -2.13. The molecule has 0 aliphatic carbocycles. The zero-order valence-electron chi connectivity index (χ0n) is 18.5. The molecule has 3 aromatic carbocycles. The number of ether oxygens (including phenoxy) is 2. The highest BCUT2D eigenvalue weighted by atomic mass is 127. The van der Waals surface area contributed by atoms with Crippen LogP contribution in [0.15, 0.2) is 66.2 Å². The number of nitrogens with zero attached hydrogens (tertiary/aromatic N) is 2. The van der Waals surface area contributed by atoms with Crippen molar-refractivity contribution in [1.82, 2.24) is 0 Å². The molecule has 0 fully saturated rings. The number of anilines is 1. The number of amides is 1. The van der Waals surface area contributed by atoms with E-state index in [2.05, 4.69) is 50.5 Å². The molecule has 10 heteroatoms. The maximum Gasteiger partial charge on any atom is 0.269 e. The molecule has 178 valence electrons. The van der Waals surface area contributed by atoms with Crippen LogP contribution in [0.2, 0.25) is 0 Å². The molecule has 0 aliphatic heterocycles. The number of benzene rings is 3. The fourth-order valence-electron chi connectivity index (χ4n) is 3.03. The lowest BCUT2D eigenvalue weighted by Gasteiger charge is -2.12. The Hall–Kier alpha value is -3.18. The first kappa shape index (κ1) is 26.4. The number of hydrogen-bond donors (Lipinski definition) is 1. The minimum absolute atomic E-state index is 0.00326. The third kappa shape index (κ3) is 7.40. The second-order valence-corrected chi connectivity index (χ2v) is 9.44. The van der Waals surface area contributed by atoms with Crippen molar-refractivity contribution in [3.8, 4) is 17.6 Å². The summed E-state index contributed by atoms with van der Waals surface area (Å²) in [7, 11) is 0. The van der Waals surface area contributed by atoms with Gasteiger partial charge in [0.05, 0.1) is 18.7 Å². The minimum Gasteiger partial charge on any atom is -0.494 e. The smallest absolute Gasteiger partial charge is 0.269 e. The van der Waals surface area contributed by atoms with Gasteiger partial charge in [-0.1, -0.05) is 12.1 Å². The molecule has 1 N–H and O–H groups in total. The first-order valence-electron chi connectivity index (χ1n) is 10.3. The molecule has 3 aromatic rings. The van der Waals surface area contributed by atoms with Gasteiger partial charge in [-0.25, -0.2) is 0 Å². The zero-order valence-corrected chi connectivity index (χ0v) is 22.8. The molecule has 35 heavy (non-hydrogen) atoms. The summed E-state index contributed by atoms with van der Waals surface area (Å²) >= 11 is 4.23. The molecule has 0 aromatic heterocycles. The monoisotopic (exact) mass is 695 g/mol. The van der Waals surface area contributed by atoms with E-state index in [9.17, 15) is 20.2 Å². The number of nitrogens with one attached hydrogen (secondary N) is 1. The van der Waals surface area contributed by atoms with E-state index in [1.165, 1.54) is 18.2 Å². The van der Waals surface area contributed by atoms with E-state index in [1.807, 2.05) is 13.0 Å². The van der Waals surface area contributed by atoms with Gasteiger partial charge in [0, 0.05) is 17.8 Å². The minimum atomic E-state index is -0.521. The fraction of sp³-hybridized carbons (Fsp3) is 0.120. The normalized spacial score (nSPS) is 10.9. The molecular formula is C25H19I2N3O5. The van der Waals surface area contributed by atoms with Gasteiger partial charge in [0.15, 0.2) is 0 Å². The van der Waals surface area contributed by atoms with E-state index in [0.717, 1.165) is 7.14 Å². The van der Waals surface area contributed by atoms with E-state index < -0.39 is 10.8 Å². The molecule has 0 unspecified atom stereocenters. The molecule has 0 radical (unpaired) electrons. The lowest BCUT2D eigenvalue weighted by molar-refractivity contribution is -0.384. The van der Waals surface area contributed by atoms with Crippen molar-refractivity contribution in [2.75, 3.05) is 11.9 Å². The maximum atomic E-state index is 12.6. The highest BCUT2D eigenvalue weighted by molar-refractivity contribution is 14.1. The standard InChI is InChI=1S/C25H19I2N3O5/c1-2-34-21-8-6-19(7-9-21)29-25(31)18(14-28)10-17-12-22(26)24(23(27)13-17)35-15-16-4-3-5-20(11-16)30(32)33/h3-13H,2,15H2,1H3,(H,29,31)/b18-10-. The highest BCUT2D eigenvalue weighted by Crippen LogP contribution is 2.31. The number of nitriles is 1. The van der Waals surface area contributed by atoms with Gasteiger partial charge in [0.25, 0.3) is 11.6 Å². The Morgan fingerprint density at radius 3 is 2.40 bits per heavy atom. The van der Waals surface area contributed by atoms with Gasteiger partial charge in [-0.3, -0.25) is 14.9 Å². The predicted molar refractivity (Wildman–Crippen MR) is 149 cm³/mol. The van der Waals surface area contributed by atoms with Crippen molar-refractivity contribution in [1.29, 1.82) is 5.26 Å². The molecule has 3 rings (SSSR count). The number of halogens is 2.